The number of nitrogens with one attached hydrogen (secondary N) is 1. The van der Waals surface area contributed by atoms with Crippen LogP contribution in [-0.2, 0) is 25.8 Å². The van der Waals surface area contributed by atoms with Gasteiger partial charge in [0.1, 0.15) is 18.1 Å². The molecule has 0 saturated carbocycles. The van der Waals surface area contributed by atoms with Crippen LogP contribution in [0, 0.1) is 11.3 Å². The van der Waals surface area contributed by atoms with E-state index in [4.69, 9.17) is 10.00 Å². The Labute approximate surface area is 172 Å². The maximum Gasteiger partial charge on any atom is 0.235 e. The van der Waals surface area contributed by atoms with Crippen LogP contribution in [0.25, 0.3) is 0 Å². The quantitative estimate of drug-likeness (QED) is 0.670. The highest BCUT2D eigenvalue weighted by atomic mass is 32.2. The summed E-state index contributed by atoms with van der Waals surface area (Å²) in [4.78, 5) is 11.9. The van der Waals surface area contributed by atoms with Crippen LogP contribution in [0.15, 0.2) is 48.5 Å². The number of nitrogens with zero attached hydrogens (tertiary/aromatic N) is 1. The zero-order chi connectivity index (χ0) is 21.5. The molecule has 2 aromatic rings. The number of hydrogen-bond donors (Lipinski definition) is 1. The highest BCUT2D eigenvalue weighted by Crippen LogP contribution is 2.24. The summed E-state index contributed by atoms with van der Waals surface area (Å²) in [6.45, 7) is 6.86. The molecule has 2 rings (SSSR count). The van der Waals surface area contributed by atoms with Gasteiger partial charge in [-0.2, -0.15) is 5.26 Å². The van der Waals surface area contributed by atoms with Crippen molar-refractivity contribution in [3.63, 3.8) is 0 Å². The molecule has 154 valence electrons. The second-order valence-electron chi connectivity index (χ2n) is 7.81. The van der Waals surface area contributed by atoms with Crippen LogP contribution in [-0.4, -0.2) is 33.2 Å². The van der Waals surface area contributed by atoms with E-state index in [1.807, 2.05) is 30.3 Å². The SMILES string of the molecule is CC(C)(C)c1ccc(OCCNC(=O)CS(=O)(=O)Cc2ccc(C#N)cc2)cc1. The molecule has 0 saturated heterocycles. The fraction of sp³-hybridized carbons (Fsp3) is 0.364. The summed E-state index contributed by atoms with van der Waals surface area (Å²) in [6.07, 6.45) is 0. The molecule has 0 aromatic heterocycles. The van der Waals surface area contributed by atoms with Crippen LogP contribution in [0.2, 0.25) is 0 Å². The van der Waals surface area contributed by atoms with Gasteiger partial charge in [-0.05, 0) is 40.8 Å². The zero-order valence-electron chi connectivity index (χ0n) is 16.9. The molecule has 0 heterocycles. The second kappa shape index (κ2) is 9.57. The molecule has 0 radical (unpaired) electrons. The van der Waals surface area contributed by atoms with Gasteiger partial charge in [-0.25, -0.2) is 8.42 Å². The summed E-state index contributed by atoms with van der Waals surface area (Å²) in [5.74, 6) is -0.707. The van der Waals surface area contributed by atoms with Crippen LogP contribution in [0.3, 0.4) is 0 Å². The lowest BCUT2D eigenvalue weighted by Gasteiger charge is -2.19. The first-order valence-corrected chi connectivity index (χ1v) is 11.1. The molecule has 0 unspecified atom stereocenters. The smallest absolute Gasteiger partial charge is 0.235 e. The van der Waals surface area contributed by atoms with Crippen molar-refractivity contribution in [2.24, 2.45) is 0 Å². The van der Waals surface area contributed by atoms with E-state index in [1.54, 1.807) is 24.3 Å². The minimum absolute atomic E-state index is 0.0652. The Morgan fingerprint density at radius 2 is 1.69 bits per heavy atom. The number of nitriles is 1. The first kappa shape index (κ1) is 22.4. The number of benzene rings is 2. The fourth-order valence-electron chi connectivity index (χ4n) is 2.64. The van der Waals surface area contributed by atoms with E-state index >= 15 is 0 Å². The third-order valence-electron chi connectivity index (χ3n) is 4.23. The number of carbonyl (C=O) groups is 1. The summed E-state index contributed by atoms with van der Waals surface area (Å²) in [5, 5.41) is 11.3. The van der Waals surface area contributed by atoms with Crippen molar-refractivity contribution in [1.82, 2.24) is 5.32 Å². The monoisotopic (exact) mass is 414 g/mol. The summed E-state index contributed by atoms with van der Waals surface area (Å²) < 4.78 is 29.9. The highest BCUT2D eigenvalue weighted by molar-refractivity contribution is 7.91. The van der Waals surface area contributed by atoms with Crippen molar-refractivity contribution in [3.05, 3.63) is 65.2 Å². The molecule has 0 bridgehead atoms. The number of ether oxygens (including phenoxy) is 1. The first-order valence-electron chi connectivity index (χ1n) is 9.28. The van der Waals surface area contributed by atoms with Crippen LogP contribution >= 0.6 is 0 Å². The van der Waals surface area contributed by atoms with Crippen molar-refractivity contribution >= 4 is 15.7 Å². The lowest BCUT2D eigenvalue weighted by Crippen LogP contribution is -2.33. The summed E-state index contributed by atoms with van der Waals surface area (Å²) in [5.41, 5.74) is 2.26. The van der Waals surface area contributed by atoms with Gasteiger partial charge >= 0.3 is 0 Å². The molecule has 0 aliphatic rings. The Kier molecular flexibility index (Phi) is 7.40. The minimum atomic E-state index is -3.60. The number of sulfone groups is 1. The van der Waals surface area contributed by atoms with Crippen molar-refractivity contribution in [1.29, 1.82) is 5.26 Å². The predicted molar refractivity (Wildman–Crippen MR) is 112 cm³/mol. The Morgan fingerprint density at radius 3 is 2.24 bits per heavy atom. The lowest BCUT2D eigenvalue weighted by atomic mass is 9.87. The van der Waals surface area contributed by atoms with Gasteiger partial charge in [-0.15, -0.1) is 0 Å². The summed E-state index contributed by atoms with van der Waals surface area (Å²) in [6, 6.07) is 16.0. The average Bonchev–Trinajstić information content (AvgIpc) is 2.65. The molecule has 1 N–H and O–H groups in total. The number of rotatable bonds is 8. The van der Waals surface area contributed by atoms with Gasteiger partial charge in [0.25, 0.3) is 0 Å². The van der Waals surface area contributed by atoms with Crippen LogP contribution < -0.4 is 10.1 Å². The van der Waals surface area contributed by atoms with Crippen molar-refractivity contribution in [2.75, 3.05) is 18.9 Å². The highest BCUT2D eigenvalue weighted by Gasteiger charge is 2.17. The summed E-state index contributed by atoms with van der Waals surface area (Å²) >= 11 is 0. The van der Waals surface area contributed by atoms with Gasteiger partial charge in [-0.1, -0.05) is 45.0 Å². The normalized spacial score (nSPS) is 11.5. The Morgan fingerprint density at radius 1 is 1.07 bits per heavy atom. The Hall–Kier alpha value is -2.85. The van der Waals surface area contributed by atoms with Gasteiger partial charge < -0.3 is 10.1 Å². The molecule has 1 amide bonds. The molecular weight excluding hydrogens is 388 g/mol. The average molecular weight is 415 g/mol. The minimum Gasteiger partial charge on any atom is -0.492 e. The number of carbonyl (C=O) groups excluding carboxylic acids is 1. The van der Waals surface area contributed by atoms with E-state index < -0.39 is 21.5 Å². The maximum absolute atomic E-state index is 12.2. The van der Waals surface area contributed by atoms with Gasteiger partial charge in [0.05, 0.1) is 23.9 Å². The van der Waals surface area contributed by atoms with E-state index in [2.05, 4.69) is 26.1 Å². The molecule has 0 fully saturated rings. The third kappa shape index (κ3) is 7.59. The van der Waals surface area contributed by atoms with E-state index in [1.165, 1.54) is 5.56 Å². The van der Waals surface area contributed by atoms with E-state index in [9.17, 15) is 13.2 Å². The molecule has 6 nitrogen and oxygen atoms in total. The summed E-state index contributed by atoms with van der Waals surface area (Å²) in [7, 11) is -3.60. The van der Waals surface area contributed by atoms with Crippen molar-refractivity contribution in [3.8, 4) is 11.8 Å². The van der Waals surface area contributed by atoms with Gasteiger partial charge in [0, 0.05) is 0 Å². The fourth-order valence-corrected chi connectivity index (χ4v) is 3.95. The topological polar surface area (TPSA) is 96.3 Å². The largest absolute Gasteiger partial charge is 0.492 e. The standard InChI is InChI=1S/C22H26N2O4S/c1-22(2,3)19-8-10-20(11-9-19)28-13-12-24-21(25)16-29(26,27)15-18-6-4-17(14-23)5-7-18/h4-11H,12-13,15-16H2,1-3H3,(H,24,25). The molecule has 7 heteroatoms. The second-order valence-corrected chi connectivity index (χ2v) is 9.88. The molecule has 0 spiro atoms. The lowest BCUT2D eigenvalue weighted by molar-refractivity contribution is -0.118. The number of amides is 1. The van der Waals surface area contributed by atoms with E-state index in [0.717, 1.165) is 0 Å². The van der Waals surface area contributed by atoms with Gasteiger partial charge in [0.2, 0.25) is 5.91 Å². The van der Waals surface area contributed by atoms with Gasteiger partial charge in [-0.3, -0.25) is 4.79 Å². The van der Waals surface area contributed by atoms with E-state index in [0.29, 0.717) is 16.9 Å². The molecule has 0 aliphatic carbocycles. The Bertz CT molecular complexity index is 967. The van der Waals surface area contributed by atoms with E-state index in [-0.39, 0.29) is 24.3 Å². The predicted octanol–water partition coefficient (Wildman–Crippen LogP) is 2.97. The van der Waals surface area contributed by atoms with Crippen LogP contribution in [0.1, 0.15) is 37.5 Å². The molecule has 2 aromatic carbocycles. The van der Waals surface area contributed by atoms with Crippen LogP contribution in [0.5, 0.6) is 5.75 Å². The molecule has 29 heavy (non-hydrogen) atoms. The number of hydrogen-bond acceptors (Lipinski definition) is 5. The first-order chi connectivity index (χ1) is 13.6. The Balaban J connectivity index is 1.75. The van der Waals surface area contributed by atoms with Crippen molar-refractivity contribution < 1.29 is 17.9 Å². The third-order valence-corrected chi connectivity index (χ3v) is 5.71. The molecule has 0 atom stereocenters. The molecular formula is C22H26N2O4S. The van der Waals surface area contributed by atoms with Crippen LogP contribution in [0.4, 0.5) is 0 Å². The van der Waals surface area contributed by atoms with Gasteiger partial charge in [0.15, 0.2) is 9.84 Å². The molecule has 0 aliphatic heterocycles. The maximum atomic E-state index is 12.2. The zero-order valence-corrected chi connectivity index (χ0v) is 17.8. The van der Waals surface area contributed by atoms with Crippen molar-refractivity contribution in [2.45, 2.75) is 31.9 Å².